The van der Waals surface area contributed by atoms with Crippen LogP contribution in [0.25, 0.3) is 0 Å². The number of hydrogen-bond acceptors (Lipinski definition) is 3. The predicted molar refractivity (Wildman–Crippen MR) is 102 cm³/mol. The zero-order chi connectivity index (χ0) is 18.4. The first-order chi connectivity index (χ1) is 12.7. The molecule has 0 aliphatic heterocycles. The van der Waals surface area contributed by atoms with Gasteiger partial charge in [0.15, 0.2) is 0 Å². The molecule has 1 fully saturated rings. The number of para-hydroxylation sites is 2. The van der Waals surface area contributed by atoms with Crippen LogP contribution in [0.2, 0.25) is 0 Å². The van der Waals surface area contributed by atoms with Gasteiger partial charge in [0, 0.05) is 6.04 Å². The van der Waals surface area contributed by atoms with E-state index in [4.69, 9.17) is 4.74 Å². The number of carbonyl (C=O) groups excluding carboxylic acids is 2. The minimum atomic E-state index is -0.353. The lowest BCUT2D eigenvalue weighted by Gasteiger charge is -2.30. The summed E-state index contributed by atoms with van der Waals surface area (Å²) < 4.78 is 5.30. The average Bonchev–Trinajstić information content (AvgIpc) is 2.69. The highest BCUT2D eigenvalue weighted by Gasteiger charge is 2.35. The minimum Gasteiger partial charge on any atom is -0.495 e. The van der Waals surface area contributed by atoms with Crippen LogP contribution in [0.3, 0.4) is 0 Å². The first-order valence-corrected chi connectivity index (χ1v) is 9.58. The van der Waals surface area contributed by atoms with E-state index in [1.54, 1.807) is 7.11 Å². The molecule has 0 spiro atoms. The van der Waals surface area contributed by atoms with E-state index < -0.39 is 0 Å². The van der Waals surface area contributed by atoms with Gasteiger partial charge >= 0.3 is 0 Å². The summed E-state index contributed by atoms with van der Waals surface area (Å²) in [5.74, 6) is -0.149. The van der Waals surface area contributed by atoms with Gasteiger partial charge in [0.2, 0.25) is 11.8 Å². The highest BCUT2D eigenvalue weighted by atomic mass is 16.5. The zero-order valence-corrected chi connectivity index (χ0v) is 15.4. The van der Waals surface area contributed by atoms with E-state index in [1.165, 1.54) is 19.3 Å². The van der Waals surface area contributed by atoms with E-state index in [0.717, 1.165) is 12.8 Å². The number of methoxy groups -OCH3 is 1. The quantitative estimate of drug-likeness (QED) is 0.791. The Bertz CT molecular complexity index is 665. The maximum Gasteiger partial charge on any atom is 0.228 e. The number of nitrogens with one attached hydrogen (secondary N) is 2. The van der Waals surface area contributed by atoms with Crippen LogP contribution in [-0.4, -0.2) is 25.0 Å². The van der Waals surface area contributed by atoms with E-state index in [-0.39, 0.29) is 29.7 Å². The molecule has 2 atom stereocenters. The fraction of sp³-hybridized carbons (Fsp3) is 0.524. The Morgan fingerprint density at radius 1 is 0.962 bits per heavy atom. The summed E-state index contributed by atoms with van der Waals surface area (Å²) >= 11 is 0. The fourth-order valence-electron chi connectivity index (χ4n) is 3.92. The van der Waals surface area contributed by atoms with Gasteiger partial charge in [-0.3, -0.25) is 9.59 Å². The fourth-order valence-corrected chi connectivity index (χ4v) is 3.92. The molecule has 140 valence electrons. The van der Waals surface area contributed by atoms with Gasteiger partial charge < -0.3 is 15.4 Å². The SMILES string of the molecule is COc1ccccc1NC(=O)[C@@H]1CC=CC[C@H]1C(=O)NC1CCCCC1. The maximum absolute atomic E-state index is 12.9. The number of allylic oxidation sites excluding steroid dienone is 2. The molecule has 0 radical (unpaired) electrons. The van der Waals surface area contributed by atoms with Gasteiger partial charge in [0.1, 0.15) is 5.75 Å². The number of benzene rings is 1. The van der Waals surface area contributed by atoms with Crippen LogP contribution >= 0.6 is 0 Å². The molecule has 5 nitrogen and oxygen atoms in total. The Morgan fingerprint density at radius 3 is 2.31 bits per heavy atom. The Balaban J connectivity index is 1.66. The van der Waals surface area contributed by atoms with Gasteiger partial charge in [-0.1, -0.05) is 43.5 Å². The number of amides is 2. The molecule has 2 N–H and O–H groups in total. The van der Waals surface area contributed by atoms with Crippen LogP contribution in [0.1, 0.15) is 44.9 Å². The van der Waals surface area contributed by atoms with Crippen LogP contribution in [0.5, 0.6) is 5.75 Å². The molecule has 1 aromatic rings. The molecule has 0 unspecified atom stereocenters. The normalized spacial score (nSPS) is 23.3. The third kappa shape index (κ3) is 4.45. The molecule has 0 aromatic heterocycles. The molecule has 26 heavy (non-hydrogen) atoms. The second kappa shape index (κ2) is 8.88. The van der Waals surface area contributed by atoms with Gasteiger partial charge in [0.05, 0.1) is 24.6 Å². The van der Waals surface area contributed by atoms with Gasteiger partial charge in [0.25, 0.3) is 0 Å². The summed E-state index contributed by atoms with van der Waals surface area (Å²) in [6, 6.07) is 7.60. The molecule has 2 aliphatic rings. The first kappa shape index (κ1) is 18.5. The summed E-state index contributed by atoms with van der Waals surface area (Å²) in [5, 5.41) is 6.12. The molecule has 5 heteroatoms. The summed E-state index contributed by atoms with van der Waals surface area (Å²) in [4.78, 5) is 25.7. The van der Waals surface area contributed by atoms with Crippen LogP contribution in [0.15, 0.2) is 36.4 Å². The van der Waals surface area contributed by atoms with Gasteiger partial charge in [-0.25, -0.2) is 0 Å². The number of rotatable bonds is 5. The molecule has 0 heterocycles. The number of carbonyl (C=O) groups is 2. The number of hydrogen-bond donors (Lipinski definition) is 2. The Morgan fingerprint density at radius 2 is 1.62 bits per heavy atom. The Labute approximate surface area is 155 Å². The summed E-state index contributed by atoms with van der Waals surface area (Å²) in [7, 11) is 1.58. The standard InChI is InChI=1S/C21H28N2O3/c1-26-19-14-8-7-13-18(19)23-21(25)17-12-6-5-11-16(17)20(24)22-15-9-3-2-4-10-15/h5-8,13-17H,2-4,9-12H2,1H3,(H,22,24)(H,23,25)/t16-,17-/m1/s1. The topological polar surface area (TPSA) is 67.4 Å². The van der Waals surface area contributed by atoms with Crippen molar-refractivity contribution in [2.75, 3.05) is 12.4 Å². The molecular formula is C21H28N2O3. The van der Waals surface area contributed by atoms with E-state index in [1.807, 2.05) is 36.4 Å². The molecular weight excluding hydrogens is 328 g/mol. The number of anilines is 1. The van der Waals surface area contributed by atoms with Crippen molar-refractivity contribution in [2.24, 2.45) is 11.8 Å². The lowest BCUT2D eigenvalue weighted by Crippen LogP contribution is -2.45. The largest absolute Gasteiger partial charge is 0.495 e. The highest BCUT2D eigenvalue weighted by Crippen LogP contribution is 2.30. The number of ether oxygens (including phenoxy) is 1. The van der Waals surface area contributed by atoms with Crippen LogP contribution in [0.4, 0.5) is 5.69 Å². The van der Waals surface area contributed by atoms with Crippen molar-refractivity contribution in [1.82, 2.24) is 5.32 Å². The van der Waals surface area contributed by atoms with E-state index in [0.29, 0.717) is 24.3 Å². The monoisotopic (exact) mass is 356 g/mol. The molecule has 2 amide bonds. The van der Waals surface area contributed by atoms with E-state index >= 15 is 0 Å². The Hall–Kier alpha value is -2.30. The molecule has 0 bridgehead atoms. The smallest absolute Gasteiger partial charge is 0.228 e. The highest BCUT2D eigenvalue weighted by molar-refractivity contribution is 5.97. The average molecular weight is 356 g/mol. The van der Waals surface area contributed by atoms with Crippen molar-refractivity contribution in [3.8, 4) is 5.75 Å². The van der Waals surface area contributed by atoms with Gasteiger partial charge in [-0.05, 0) is 37.8 Å². The second-order valence-corrected chi connectivity index (χ2v) is 7.19. The van der Waals surface area contributed by atoms with Crippen LogP contribution in [-0.2, 0) is 9.59 Å². The van der Waals surface area contributed by atoms with Crippen molar-refractivity contribution >= 4 is 17.5 Å². The zero-order valence-electron chi connectivity index (χ0n) is 15.4. The van der Waals surface area contributed by atoms with Gasteiger partial charge in [-0.15, -0.1) is 0 Å². The van der Waals surface area contributed by atoms with Crippen molar-refractivity contribution < 1.29 is 14.3 Å². The molecule has 1 saturated carbocycles. The van der Waals surface area contributed by atoms with Crippen molar-refractivity contribution in [2.45, 2.75) is 51.0 Å². The molecule has 3 rings (SSSR count). The summed E-state index contributed by atoms with van der Waals surface area (Å²) in [6.45, 7) is 0. The first-order valence-electron chi connectivity index (χ1n) is 9.58. The van der Waals surface area contributed by atoms with Gasteiger partial charge in [-0.2, -0.15) is 0 Å². The van der Waals surface area contributed by atoms with Crippen molar-refractivity contribution in [1.29, 1.82) is 0 Å². The summed E-state index contributed by atoms with van der Waals surface area (Å²) in [6.07, 6.45) is 10.9. The third-order valence-electron chi connectivity index (χ3n) is 5.42. The maximum atomic E-state index is 12.9. The third-order valence-corrected chi connectivity index (χ3v) is 5.42. The predicted octanol–water partition coefficient (Wildman–Crippen LogP) is 3.67. The van der Waals surface area contributed by atoms with Crippen molar-refractivity contribution in [3.63, 3.8) is 0 Å². The molecule has 0 saturated heterocycles. The van der Waals surface area contributed by atoms with E-state index in [2.05, 4.69) is 10.6 Å². The molecule has 1 aromatic carbocycles. The summed E-state index contributed by atoms with van der Waals surface area (Å²) in [5.41, 5.74) is 0.640. The van der Waals surface area contributed by atoms with Crippen LogP contribution in [0, 0.1) is 11.8 Å². The molecule has 2 aliphatic carbocycles. The second-order valence-electron chi connectivity index (χ2n) is 7.19. The minimum absolute atomic E-state index is 0.0152. The lowest BCUT2D eigenvalue weighted by atomic mass is 9.81. The lowest BCUT2D eigenvalue weighted by molar-refractivity contribution is -0.133. The Kier molecular flexibility index (Phi) is 6.31. The van der Waals surface area contributed by atoms with Crippen LogP contribution < -0.4 is 15.4 Å². The van der Waals surface area contributed by atoms with Crippen molar-refractivity contribution in [3.05, 3.63) is 36.4 Å². The van der Waals surface area contributed by atoms with E-state index in [9.17, 15) is 9.59 Å².